The first kappa shape index (κ1) is 14.7. The topological polar surface area (TPSA) is 29.9 Å². The number of halogens is 1. The first-order valence-electron chi connectivity index (χ1n) is 7.24. The zero-order valence-corrected chi connectivity index (χ0v) is 12.1. The van der Waals surface area contributed by atoms with Crippen molar-refractivity contribution in [3.8, 4) is 0 Å². The van der Waals surface area contributed by atoms with Crippen LogP contribution >= 0.6 is 0 Å². The van der Waals surface area contributed by atoms with Gasteiger partial charge in [-0.1, -0.05) is 19.1 Å². The van der Waals surface area contributed by atoms with Gasteiger partial charge in [0.25, 0.3) is 0 Å². The van der Waals surface area contributed by atoms with E-state index < -0.39 is 0 Å². The van der Waals surface area contributed by atoms with Crippen molar-refractivity contribution in [3.05, 3.63) is 53.6 Å². The molecule has 4 heteroatoms. The number of rotatable bonds is 7. The summed E-state index contributed by atoms with van der Waals surface area (Å²) in [6, 6.07) is 9.00. The Hall–Kier alpha value is -1.68. The van der Waals surface area contributed by atoms with Gasteiger partial charge >= 0.3 is 0 Å². The van der Waals surface area contributed by atoms with Crippen molar-refractivity contribution in [1.29, 1.82) is 0 Å². The lowest BCUT2D eigenvalue weighted by molar-refractivity contribution is 0.478. The molecule has 0 spiro atoms. The van der Waals surface area contributed by atoms with Crippen molar-refractivity contribution >= 4 is 0 Å². The van der Waals surface area contributed by atoms with E-state index in [1.807, 2.05) is 23.0 Å². The molecule has 1 heterocycles. The van der Waals surface area contributed by atoms with Gasteiger partial charge in [0.15, 0.2) is 0 Å². The Morgan fingerprint density at radius 1 is 1.20 bits per heavy atom. The first-order chi connectivity index (χ1) is 9.74. The van der Waals surface area contributed by atoms with Crippen LogP contribution in [0.1, 0.15) is 37.6 Å². The number of aromatic nitrogens is 2. The largest absolute Gasteiger partial charge is 0.308 e. The first-order valence-corrected chi connectivity index (χ1v) is 7.24. The molecule has 20 heavy (non-hydrogen) atoms. The van der Waals surface area contributed by atoms with E-state index in [0.29, 0.717) is 0 Å². The number of nitrogens with one attached hydrogen (secondary N) is 1. The molecule has 0 aliphatic heterocycles. The Balaban J connectivity index is 2.17. The molecule has 108 valence electrons. The van der Waals surface area contributed by atoms with Crippen LogP contribution in [0.5, 0.6) is 0 Å². The molecule has 3 nitrogen and oxygen atoms in total. The molecule has 0 bridgehead atoms. The predicted octanol–water partition coefficient (Wildman–Crippen LogP) is 3.33. The molecular formula is C16H22FN3. The summed E-state index contributed by atoms with van der Waals surface area (Å²) in [6.45, 7) is 6.06. The number of hydrogen-bond acceptors (Lipinski definition) is 2. The average Bonchev–Trinajstić information content (AvgIpc) is 2.94. The van der Waals surface area contributed by atoms with Crippen LogP contribution in [0.3, 0.4) is 0 Å². The minimum absolute atomic E-state index is 0.189. The smallest absolute Gasteiger partial charge is 0.123 e. The van der Waals surface area contributed by atoms with Crippen LogP contribution in [-0.4, -0.2) is 16.3 Å². The Morgan fingerprint density at radius 2 is 1.95 bits per heavy atom. The normalized spacial score (nSPS) is 12.6. The van der Waals surface area contributed by atoms with Gasteiger partial charge in [-0.3, -0.25) is 4.68 Å². The van der Waals surface area contributed by atoms with Crippen LogP contribution in [0.4, 0.5) is 4.39 Å². The molecule has 1 atom stereocenters. The highest BCUT2D eigenvalue weighted by Gasteiger charge is 2.15. The van der Waals surface area contributed by atoms with E-state index in [1.54, 1.807) is 0 Å². The van der Waals surface area contributed by atoms with E-state index in [9.17, 15) is 4.39 Å². The second kappa shape index (κ2) is 7.20. The highest BCUT2D eigenvalue weighted by Crippen LogP contribution is 2.19. The van der Waals surface area contributed by atoms with E-state index >= 15 is 0 Å². The summed E-state index contributed by atoms with van der Waals surface area (Å²) >= 11 is 0. The fourth-order valence-corrected chi connectivity index (χ4v) is 2.36. The minimum Gasteiger partial charge on any atom is -0.308 e. The van der Waals surface area contributed by atoms with Crippen molar-refractivity contribution in [2.75, 3.05) is 6.54 Å². The third kappa shape index (κ3) is 3.67. The van der Waals surface area contributed by atoms with E-state index in [2.05, 4.69) is 30.3 Å². The third-order valence-corrected chi connectivity index (χ3v) is 3.40. The van der Waals surface area contributed by atoms with Crippen LogP contribution in [0.2, 0.25) is 0 Å². The van der Waals surface area contributed by atoms with E-state index in [4.69, 9.17) is 0 Å². The van der Waals surface area contributed by atoms with Crippen molar-refractivity contribution in [1.82, 2.24) is 15.1 Å². The number of benzene rings is 1. The van der Waals surface area contributed by atoms with Gasteiger partial charge in [-0.15, -0.1) is 0 Å². The van der Waals surface area contributed by atoms with Crippen molar-refractivity contribution in [3.63, 3.8) is 0 Å². The van der Waals surface area contributed by atoms with Gasteiger partial charge in [-0.25, -0.2) is 4.39 Å². The molecule has 1 N–H and O–H groups in total. The summed E-state index contributed by atoms with van der Waals surface area (Å²) in [5.41, 5.74) is 2.31. The van der Waals surface area contributed by atoms with Crippen LogP contribution in [0.15, 0.2) is 36.5 Å². The second-order valence-electron chi connectivity index (χ2n) is 4.91. The Bertz CT molecular complexity index is 519. The van der Waals surface area contributed by atoms with Gasteiger partial charge in [0.05, 0.1) is 11.7 Å². The highest BCUT2D eigenvalue weighted by molar-refractivity contribution is 5.20. The summed E-state index contributed by atoms with van der Waals surface area (Å²) in [4.78, 5) is 0. The standard InChI is InChI=1S/C16H22FN3/c1-3-10-18-15(16-9-11-19-20(16)4-2)12-13-5-7-14(17)8-6-13/h5-9,11,15,18H,3-4,10,12H2,1-2H3. The minimum atomic E-state index is -0.189. The summed E-state index contributed by atoms with van der Waals surface area (Å²) in [6.07, 6.45) is 3.76. The van der Waals surface area contributed by atoms with Gasteiger partial charge < -0.3 is 5.32 Å². The van der Waals surface area contributed by atoms with Crippen molar-refractivity contribution in [2.45, 2.75) is 39.3 Å². The van der Waals surface area contributed by atoms with Crippen LogP contribution in [0.25, 0.3) is 0 Å². The summed E-state index contributed by atoms with van der Waals surface area (Å²) < 4.78 is 15.0. The monoisotopic (exact) mass is 275 g/mol. The SMILES string of the molecule is CCCNC(Cc1ccc(F)cc1)c1ccnn1CC. The van der Waals surface area contributed by atoms with Gasteiger partial charge in [0.1, 0.15) is 5.82 Å². The molecule has 0 amide bonds. The Morgan fingerprint density at radius 3 is 2.60 bits per heavy atom. The number of aryl methyl sites for hydroxylation is 1. The molecule has 0 aliphatic rings. The van der Waals surface area contributed by atoms with Crippen molar-refractivity contribution < 1.29 is 4.39 Å². The van der Waals surface area contributed by atoms with Crippen LogP contribution in [-0.2, 0) is 13.0 Å². The van der Waals surface area contributed by atoms with E-state index in [1.165, 1.54) is 17.8 Å². The molecule has 2 rings (SSSR count). The molecule has 0 saturated carbocycles. The summed E-state index contributed by atoms with van der Waals surface area (Å²) in [7, 11) is 0. The fraction of sp³-hybridized carbons (Fsp3) is 0.438. The second-order valence-corrected chi connectivity index (χ2v) is 4.91. The third-order valence-electron chi connectivity index (χ3n) is 3.40. The lowest BCUT2D eigenvalue weighted by atomic mass is 10.0. The van der Waals surface area contributed by atoms with Crippen molar-refractivity contribution in [2.24, 2.45) is 0 Å². The maximum Gasteiger partial charge on any atom is 0.123 e. The Kier molecular flexibility index (Phi) is 5.30. The summed E-state index contributed by atoms with van der Waals surface area (Å²) in [5.74, 6) is -0.189. The molecule has 0 aliphatic carbocycles. The van der Waals surface area contributed by atoms with Crippen LogP contribution < -0.4 is 5.32 Å². The maximum absolute atomic E-state index is 13.0. The zero-order chi connectivity index (χ0) is 14.4. The lowest BCUT2D eigenvalue weighted by Crippen LogP contribution is -2.26. The van der Waals surface area contributed by atoms with E-state index in [-0.39, 0.29) is 11.9 Å². The maximum atomic E-state index is 13.0. The number of nitrogens with zero attached hydrogens (tertiary/aromatic N) is 2. The molecule has 0 fully saturated rings. The highest BCUT2D eigenvalue weighted by atomic mass is 19.1. The molecule has 0 saturated heterocycles. The summed E-state index contributed by atoms with van der Waals surface area (Å²) in [5, 5.41) is 7.89. The molecule has 1 unspecified atom stereocenters. The number of hydrogen-bond donors (Lipinski definition) is 1. The molecule has 1 aromatic heterocycles. The fourth-order valence-electron chi connectivity index (χ4n) is 2.36. The van der Waals surface area contributed by atoms with Gasteiger partial charge in [0.2, 0.25) is 0 Å². The molecule has 1 aromatic carbocycles. The van der Waals surface area contributed by atoms with Gasteiger partial charge in [-0.2, -0.15) is 5.10 Å². The van der Waals surface area contributed by atoms with Crippen LogP contribution in [0, 0.1) is 5.82 Å². The lowest BCUT2D eigenvalue weighted by Gasteiger charge is -2.20. The quantitative estimate of drug-likeness (QED) is 0.840. The molecular weight excluding hydrogens is 253 g/mol. The van der Waals surface area contributed by atoms with E-state index in [0.717, 1.165) is 31.5 Å². The average molecular weight is 275 g/mol. The zero-order valence-electron chi connectivity index (χ0n) is 12.1. The molecule has 0 radical (unpaired) electrons. The van der Waals surface area contributed by atoms with Gasteiger partial charge in [0, 0.05) is 12.7 Å². The predicted molar refractivity (Wildman–Crippen MR) is 79.0 cm³/mol. The Labute approximate surface area is 119 Å². The molecule has 2 aromatic rings. The van der Waals surface area contributed by atoms with Gasteiger partial charge in [-0.05, 0) is 50.1 Å².